The van der Waals surface area contributed by atoms with Crippen LogP contribution in [0.25, 0.3) is 0 Å². The summed E-state index contributed by atoms with van der Waals surface area (Å²) in [5.41, 5.74) is 0. The minimum Gasteiger partial charge on any atom is -0.327 e. The van der Waals surface area contributed by atoms with Crippen molar-refractivity contribution in [1.29, 1.82) is 0 Å². The monoisotopic (exact) mass is 351 g/mol. The Morgan fingerprint density at radius 1 is 1.38 bits per heavy atom. The second kappa shape index (κ2) is 7.31. The molecule has 7 nitrogen and oxygen atoms in total. The lowest BCUT2D eigenvalue weighted by Gasteiger charge is -2.33. The molecular weight excluding hydrogens is 328 g/mol. The standard InChI is InChI=1S/C16H22N4O3S/c1-2-4-12-14(21)20(16(23)17-12)11-18-6-8-19(9-7-18)15(22)13-5-3-10-24-13/h3,5,10,12H,2,4,6-9,11H2,1H3,(H,17,23)/p+1/t12-/m1/s1. The molecule has 1 aromatic rings. The highest BCUT2D eigenvalue weighted by molar-refractivity contribution is 7.12. The highest BCUT2D eigenvalue weighted by atomic mass is 32.1. The van der Waals surface area contributed by atoms with E-state index >= 15 is 0 Å². The number of imide groups is 1. The number of quaternary nitrogens is 1. The number of thiophene rings is 1. The zero-order chi connectivity index (χ0) is 17.1. The molecule has 1 atom stereocenters. The maximum absolute atomic E-state index is 12.3. The number of piperazine rings is 1. The van der Waals surface area contributed by atoms with E-state index in [2.05, 4.69) is 5.32 Å². The van der Waals surface area contributed by atoms with Gasteiger partial charge in [0, 0.05) is 0 Å². The SMILES string of the molecule is CCC[C@H]1NC(=O)N(C[NH+]2CCN(C(=O)c3cccs3)CC2)C1=O. The van der Waals surface area contributed by atoms with Crippen LogP contribution in [0.5, 0.6) is 0 Å². The van der Waals surface area contributed by atoms with E-state index < -0.39 is 0 Å². The molecule has 2 aliphatic heterocycles. The van der Waals surface area contributed by atoms with Crippen molar-refractivity contribution in [2.45, 2.75) is 25.8 Å². The largest absolute Gasteiger partial charge is 0.329 e. The first kappa shape index (κ1) is 16.9. The van der Waals surface area contributed by atoms with Gasteiger partial charge in [-0.25, -0.2) is 9.69 Å². The third-order valence-corrected chi connectivity index (χ3v) is 5.41. The van der Waals surface area contributed by atoms with Crippen LogP contribution in [0.4, 0.5) is 4.79 Å². The van der Waals surface area contributed by atoms with Crippen molar-refractivity contribution in [3.8, 4) is 0 Å². The molecular formula is C16H23N4O3S+. The Balaban J connectivity index is 1.51. The van der Waals surface area contributed by atoms with Crippen LogP contribution in [-0.2, 0) is 4.79 Å². The molecule has 0 aliphatic carbocycles. The van der Waals surface area contributed by atoms with Gasteiger partial charge in [-0.15, -0.1) is 11.3 Å². The van der Waals surface area contributed by atoms with Gasteiger partial charge >= 0.3 is 6.03 Å². The molecule has 2 saturated heterocycles. The Bertz CT molecular complexity index is 611. The highest BCUT2D eigenvalue weighted by Gasteiger charge is 2.40. The zero-order valence-corrected chi connectivity index (χ0v) is 14.6. The summed E-state index contributed by atoms with van der Waals surface area (Å²) in [4.78, 5) is 41.7. The number of amides is 4. The van der Waals surface area contributed by atoms with Crippen LogP contribution in [0.3, 0.4) is 0 Å². The molecule has 130 valence electrons. The van der Waals surface area contributed by atoms with Crippen LogP contribution in [-0.4, -0.2) is 66.5 Å². The molecule has 2 aliphatic rings. The summed E-state index contributed by atoms with van der Waals surface area (Å²) in [5, 5.41) is 4.65. The lowest BCUT2D eigenvalue weighted by atomic mass is 10.2. The fourth-order valence-corrected chi connectivity index (χ4v) is 3.87. The molecule has 24 heavy (non-hydrogen) atoms. The Hall–Kier alpha value is -1.93. The Morgan fingerprint density at radius 2 is 2.12 bits per heavy atom. The number of urea groups is 1. The summed E-state index contributed by atoms with van der Waals surface area (Å²) in [7, 11) is 0. The Labute approximate surface area is 145 Å². The van der Waals surface area contributed by atoms with E-state index in [4.69, 9.17) is 0 Å². The van der Waals surface area contributed by atoms with Crippen molar-refractivity contribution in [2.75, 3.05) is 32.8 Å². The van der Waals surface area contributed by atoms with E-state index in [1.54, 1.807) is 0 Å². The van der Waals surface area contributed by atoms with E-state index in [1.165, 1.54) is 16.2 Å². The van der Waals surface area contributed by atoms with Gasteiger partial charge in [0.15, 0.2) is 6.67 Å². The smallest absolute Gasteiger partial charge is 0.327 e. The van der Waals surface area contributed by atoms with E-state index in [-0.39, 0.29) is 23.9 Å². The minimum atomic E-state index is -0.372. The van der Waals surface area contributed by atoms with E-state index in [9.17, 15) is 14.4 Å². The van der Waals surface area contributed by atoms with E-state index in [0.717, 1.165) is 29.3 Å². The molecule has 2 fully saturated rings. The predicted octanol–water partition coefficient (Wildman–Crippen LogP) is -0.233. The van der Waals surface area contributed by atoms with Crippen LogP contribution in [0, 0.1) is 0 Å². The molecule has 2 N–H and O–H groups in total. The van der Waals surface area contributed by atoms with Gasteiger partial charge in [-0.3, -0.25) is 9.59 Å². The van der Waals surface area contributed by atoms with Crippen LogP contribution < -0.4 is 10.2 Å². The Kier molecular flexibility index (Phi) is 5.15. The fraction of sp³-hybridized carbons (Fsp3) is 0.562. The number of nitrogens with zero attached hydrogens (tertiary/aromatic N) is 2. The van der Waals surface area contributed by atoms with Crippen molar-refractivity contribution in [1.82, 2.24) is 15.1 Å². The average Bonchev–Trinajstić information content (AvgIpc) is 3.20. The molecule has 0 unspecified atom stereocenters. The first-order chi connectivity index (χ1) is 11.6. The second-order valence-electron chi connectivity index (χ2n) is 6.23. The molecule has 3 rings (SSSR count). The maximum atomic E-state index is 12.3. The molecule has 0 spiro atoms. The van der Waals surface area contributed by atoms with Crippen LogP contribution in [0.2, 0.25) is 0 Å². The predicted molar refractivity (Wildman–Crippen MR) is 89.9 cm³/mol. The first-order valence-electron chi connectivity index (χ1n) is 8.38. The number of nitrogens with one attached hydrogen (secondary N) is 2. The summed E-state index contributed by atoms with van der Waals surface area (Å²) >= 11 is 1.45. The van der Waals surface area contributed by atoms with Crippen molar-refractivity contribution >= 4 is 29.2 Å². The fourth-order valence-electron chi connectivity index (χ4n) is 3.17. The summed E-state index contributed by atoms with van der Waals surface area (Å²) in [6.07, 6.45) is 1.54. The third-order valence-electron chi connectivity index (χ3n) is 4.56. The van der Waals surface area contributed by atoms with E-state index in [0.29, 0.717) is 26.2 Å². The van der Waals surface area contributed by atoms with Gasteiger partial charge in [0.25, 0.3) is 11.8 Å². The molecule has 1 aromatic heterocycles. The normalized spacial score (nSPS) is 22.1. The van der Waals surface area contributed by atoms with Gasteiger partial charge in [0.1, 0.15) is 6.04 Å². The van der Waals surface area contributed by atoms with Gasteiger partial charge in [-0.1, -0.05) is 19.4 Å². The molecule has 0 saturated carbocycles. The van der Waals surface area contributed by atoms with Crippen molar-refractivity contribution in [2.24, 2.45) is 0 Å². The average molecular weight is 351 g/mol. The van der Waals surface area contributed by atoms with Gasteiger partial charge < -0.3 is 15.1 Å². The van der Waals surface area contributed by atoms with Crippen molar-refractivity contribution < 1.29 is 19.3 Å². The van der Waals surface area contributed by atoms with Crippen LogP contribution >= 0.6 is 11.3 Å². The summed E-state index contributed by atoms with van der Waals surface area (Å²) < 4.78 is 0. The Morgan fingerprint density at radius 3 is 2.75 bits per heavy atom. The highest BCUT2D eigenvalue weighted by Crippen LogP contribution is 2.12. The van der Waals surface area contributed by atoms with Crippen LogP contribution in [0.1, 0.15) is 29.4 Å². The molecule has 0 radical (unpaired) electrons. The van der Waals surface area contributed by atoms with Gasteiger partial charge in [0.2, 0.25) is 0 Å². The van der Waals surface area contributed by atoms with Crippen molar-refractivity contribution in [3.63, 3.8) is 0 Å². The van der Waals surface area contributed by atoms with Gasteiger partial charge in [-0.2, -0.15) is 0 Å². The van der Waals surface area contributed by atoms with E-state index in [1.807, 2.05) is 29.3 Å². The van der Waals surface area contributed by atoms with Crippen LogP contribution in [0.15, 0.2) is 17.5 Å². The number of carbonyl (C=O) groups is 3. The van der Waals surface area contributed by atoms with Crippen molar-refractivity contribution in [3.05, 3.63) is 22.4 Å². The molecule has 0 bridgehead atoms. The molecule has 8 heteroatoms. The third kappa shape index (κ3) is 3.44. The first-order valence-corrected chi connectivity index (χ1v) is 9.26. The van der Waals surface area contributed by atoms with Gasteiger partial charge in [-0.05, 0) is 17.9 Å². The lowest BCUT2D eigenvalue weighted by molar-refractivity contribution is -0.911. The number of hydrogen-bond acceptors (Lipinski definition) is 4. The summed E-state index contributed by atoms with van der Waals surface area (Å²) in [6.45, 7) is 5.16. The quantitative estimate of drug-likeness (QED) is 0.720. The lowest BCUT2D eigenvalue weighted by Crippen LogP contribution is -3.16. The summed E-state index contributed by atoms with van der Waals surface area (Å²) in [5.74, 6) is -0.0477. The minimum absolute atomic E-state index is 0.0713. The second-order valence-corrected chi connectivity index (χ2v) is 7.18. The summed E-state index contributed by atoms with van der Waals surface area (Å²) in [6, 6.07) is 3.06. The maximum Gasteiger partial charge on any atom is 0.329 e. The van der Waals surface area contributed by atoms with Gasteiger partial charge in [0.05, 0.1) is 31.1 Å². The molecule has 4 amide bonds. The molecule has 3 heterocycles. The number of carbonyl (C=O) groups excluding carboxylic acids is 3. The number of rotatable bonds is 5. The topological polar surface area (TPSA) is 74.2 Å². The number of hydrogen-bond donors (Lipinski definition) is 2. The zero-order valence-electron chi connectivity index (χ0n) is 13.8. The molecule has 0 aromatic carbocycles.